The van der Waals surface area contributed by atoms with Crippen molar-refractivity contribution >= 4 is 5.91 Å². The van der Waals surface area contributed by atoms with Crippen molar-refractivity contribution in [1.29, 1.82) is 0 Å². The molecule has 0 aliphatic carbocycles. The number of amides is 1. The van der Waals surface area contributed by atoms with Gasteiger partial charge in [0.25, 0.3) is 5.91 Å². The lowest BCUT2D eigenvalue weighted by atomic mass is 9.96. The first-order valence-electron chi connectivity index (χ1n) is 10.2. The summed E-state index contributed by atoms with van der Waals surface area (Å²) >= 11 is 0. The van der Waals surface area contributed by atoms with Crippen molar-refractivity contribution in [2.24, 2.45) is 0 Å². The van der Waals surface area contributed by atoms with E-state index in [0.717, 1.165) is 31.9 Å². The third-order valence-corrected chi connectivity index (χ3v) is 5.54. The molecule has 0 spiro atoms. The second kappa shape index (κ2) is 9.39. The van der Waals surface area contributed by atoms with Crippen LogP contribution in [0.4, 0.5) is 0 Å². The number of benzene rings is 3. The van der Waals surface area contributed by atoms with E-state index in [-0.39, 0.29) is 18.6 Å². The Morgan fingerprint density at radius 2 is 1.28 bits per heavy atom. The molecule has 1 amide bonds. The summed E-state index contributed by atoms with van der Waals surface area (Å²) in [7, 11) is 0. The molecule has 4 heteroatoms. The number of rotatable bonds is 6. The van der Waals surface area contributed by atoms with Crippen LogP contribution in [0.1, 0.15) is 17.2 Å². The average molecular weight is 388 g/mol. The SMILES string of the molecule is O=C(COc1ccccc1)N1CC[NH+](C(c2ccccc2)c2ccccc2)CC1. The molecule has 0 atom stereocenters. The van der Waals surface area contributed by atoms with E-state index >= 15 is 0 Å². The zero-order valence-electron chi connectivity index (χ0n) is 16.5. The Morgan fingerprint density at radius 1 is 0.793 bits per heavy atom. The Kier molecular flexibility index (Phi) is 6.22. The molecule has 0 saturated carbocycles. The molecule has 3 aromatic rings. The van der Waals surface area contributed by atoms with Crippen molar-refractivity contribution in [1.82, 2.24) is 4.90 Å². The Hall–Kier alpha value is -3.11. The number of para-hydroxylation sites is 1. The van der Waals surface area contributed by atoms with Crippen molar-refractivity contribution in [3.05, 3.63) is 102 Å². The zero-order valence-corrected chi connectivity index (χ0v) is 16.5. The fourth-order valence-electron chi connectivity index (χ4n) is 4.04. The highest BCUT2D eigenvalue weighted by molar-refractivity contribution is 5.77. The topological polar surface area (TPSA) is 34.0 Å². The van der Waals surface area contributed by atoms with Gasteiger partial charge in [-0.1, -0.05) is 78.9 Å². The monoisotopic (exact) mass is 387 g/mol. The van der Waals surface area contributed by atoms with Crippen LogP contribution in [0.5, 0.6) is 5.75 Å². The van der Waals surface area contributed by atoms with Crippen LogP contribution in [-0.4, -0.2) is 43.6 Å². The molecular weight excluding hydrogens is 360 g/mol. The van der Waals surface area contributed by atoms with Crippen LogP contribution in [-0.2, 0) is 4.79 Å². The van der Waals surface area contributed by atoms with Crippen molar-refractivity contribution in [3.63, 3.8) is 0 Å². The van der Waals surface area contributed by atoms with Crippen molar-refractivity contribution in [2.75, 3.05) is 32.8 Å². The minimum atomic E-state index is 0.0591. The number of piperazine rings is 1. The number of ether oxygens (including phenoxy) is 1. The highest BCUT2D eigenvalue weighted by Gasteiger charge is 2.31. The van der Waals surface area contributed by atoms with Gasteiger partial charge < -0.3 is 14.5 Å². The molecule has 1 fully saturated rings. The number of carbonyl (C=O) groups excluding carboxylic acids is 1. The lowest BCUT2D eigenvalue weighted by Crippen LogP contribution is -3.15. The molecule has 0 bridgehead atoms. The molecule has 148 valence electrons. The Labute approximate surface area is 172 Å². The smallest absolute Gasteiger partial charge is 0.260 e. The minimum absolute atomic E-state index is 0.0591. The first kappa shape index (κ1) is 19.2. The average Bonchev–Trinajstić information content (AvgIpc) is 2.80. The van der Waals surface area contributed by atoms with E-state index < -0.39 is 0 Å². The van der Waals surface area contributed by atoms with Gasteiger partial charge in [0.1, 0.15) is 11.8 Å². The van der Waals surface area contributed by atoms with Gasteiger partial charge in [0.15, 0.2) is 6.61 Å². The number of quaternary nitrogens is 1. The molecule has 0 aromatic heterocycles. The summed E-state index contributed by atoms with van der Waals surface area (Å²) in [4.78, 5) is 16.0. The van der Waals surface area contributed by atoms with Crippen LogP contribution in [0, 0.1) is 0 Å². The van der Waals surface area contributed by atoms with Crippen molar-refractivity contribution in [3.8, 4) is 5.75 Å². The van der Waals surface area contributed by atoms with Gasteiger partial charge in [-0.25, -0.2) is 0 Å². The van der Waals surface area contributed by atoms with Crippen molar-refractivity contribution in [2.45, 2.75) is 6.04 Å². The Bertz CT molecular complexity index is 852. The Morgan fingerprint density at radius 3 is 1.79 bits per heavy atom. The van der Waals surface area contributed by atoms with E-state index in [4.69, 9.17) is 4.74 Å². The maximum atomic E-state index is 12.6. The van der Waals surface area contributed by atoms with Crippen LogP contribution in [0.3, 0.4) is 0 Å². The van der Waals surface area contributed by atoms with Gasteiger partial charge in [0.2, 0.25) is 0 Å². The molecule has 1 saturated heterocycles. The molecule has 3 aromatic carbocycles. The number of carbonyl (C=O) groups is 1. The summed E-state index contributed by atoms with van der Waals surface area (Å²) in [6.45, 7) is 3.45. The molecule has 4 rings (SSSR count). The molecule has 29 heavy (non-hydrogen) atoms. The van der Waals surface area contributed by atoms with Gasteiger partial charge in [0, 0.05) is 11.1 Å². The first-order chi connectivity index (χ1) is 14.3. The lowest BCUT2D eigenvalue weighted by Gasteiger charge is -2.37. The van der Waals surface area contributed by atoms with Gasteiger partial charge in [-0.15, -0.1) is 0 Å². The third kappa shape index (κ3) is 4.84. The molecule has 1 N–H and O–H groups in total. The van der Waals surface area contributed by atoms with Crippen LogP contribution in [0.15, 0.2) is 91.0 Å². The van der Waals surface area contributed by atoms with E-state index in [2.05, 4.69) is 60.7 Å². The second-order valence-electron chi connectivity index (χ2n) is 7.40. The predicted molar refractivity (Wildman–Crippen MR) is 114 cm³/mol. The van der Waals surface area contributed by atoms with Gasteiger partial charge in [-0.05, 0) is 12.1 Å². The maximum absolute atomic E-state index is 12.6. The highest BCUT2D eigenvalue weighted by atomic mass is 16.5. The van der Waals surface area contributed by atoms with Crippen LogP contribution in [0.2, 0.25) is 0 Å². The minimum Gasteiger partial charge on any atom is -0.484 e. The third-order valence-electron chi connectivity index (χ3n) is 5.54. The fourth-order valence-corrected chi connectivity index (χ4v) is 4.04. The first-order valence-corrected chi connectivity index (χ1v) is 10.2. The molecule has 0 unspecified atom stereocenters. The molecule has 1 heterocycles. The van der Waals surface area contributed by atoms with Crippen LogP contribution >= 0.6 is 0 Å². The highest BCUT2D eigenvalue weighted by Crippen LogP contribution is 2.19. The number of nitrogens with one attached hydrogen (secondary N) is 1. The summed E-state index contributed by atoms with van der Waals surface area (Å²) in [6, 6.07) is 31.1. The quantitative estimate of drug-likeness (QED) is 0.705. The van der Waals surface area contributed by atoms with Gasteiger partial charge in [-0.2, -0.15) is 0 Å². The van der Waals surface area contributed by atoms with Gasteiger partial charge in [-0.3, -0.25) is 4.79 Å². The molecular formula is C25H27N2O2+. The van der Waals surface area contributed by atoms with Gasteiger partial charge >= 0.3 is 0 Å². The summed E-state index contributed by atoms with van der Waals surface area (Å²) < 4.78 is 5.64. The summed E-state index contributed by atoms with van der Waals surface area (Å²) in [5.74, 6) is 0.794. The standard InChI is InChI=1S/C25H26N2O2/c28-24(20-29-23-14-8-3-9-15-23)26-16-18-27(19-17-26)25(21-10-4-1-5-11-21)22-12-6-2-7-13-22/h1-15,25H,16-20H2/p+1. The van der Waals surface area contributed by atoms with Crippen LogP contribution < -0.4 is 9.64 Å². The predicted octanol–water partition coefficient (Wildman–Crippen LogP) is 2.58. The second-order valence-corrected chi connectivity index (χ2v) is 7.40. The van der Waals surface area contributed by atoms with Crippen molar-refractivity contribution < 1.29 is 14.4 Å². The molecule has 1 aliphatic rings. The summed E-state index contributed by atoms with van der Waals surface area (Å²) in [6.07, 6.45) is 0. The van der Waals surface area contributed by atoms with E-state index in [9.17, 15) is 4.79 Å². The zero-order chi connectivity index (χ0) is 19.9. The van der Waals surface area contributed by atoms with Crippen LogP contribution in [0.25, 0.3) is 0 Å². The Balaban J connectivity index is 1.40. The lowest BCUT2D eigenvalue weighted by molar-refractivity contribution is -0.929. The molecule has 0 radical (unpaired) electrons. The van der Waals surface area contributed by atoms with E-state index in [1.807, 2.05) is 35.2 Å². The molecule has 4 nitrogen and oxygen atoms in total. The summed E-state index contributed by atoms with van der Waals surface area (Å²) in [5, 5.41) is 0. The van der Waals surface area contributed by atoms with E-state index in [0.29, 0.717) is 0 Å². The van der Waals surface area contributed by atoms with E-state index in [1.54, 1.807) is 0 Å². The largest absolute Gasteiger partial charge is 0.484 e. The fraction of sp³-hybridized carbons (Fsp3) is 0.240. The normalized spacial score (nSPS) is 14.7. The van der Waals surface area contributed by atoms with Gasteiger partial charge in [0.05, 0.1) is 26.2 Å². The number of hydrogen-bond donors (Lipinski definition) is 1. The summed E-state index contributed by atoms with van der Waals surface area (Å²) in [5.41, 5.74) is 2.64. The van der Waals surface area contributed by atoms with E-state index in [1.165, 1.54) is 16.0 Å². The number of nitrogens with zero attached hydrogens (tertiary/aromatic N) is 1. The number of hydrogen-bond acceptors (Lipinski definition) is 2. The maximum Gasteiger partial charge on any atom is 0.260 e. The molecule has 1 aliphatic heterocycles.